The molecule has 0 amide bonds. The van der Waals surface area contributed by atoms with Gasteiger partial charge in [-0.15, -0.1) is 0 Å². The van der Waals surface area contributed by atoms with Crippen LogP contribution in [0.25, 0.3) is 6.08 Å². The quantitative estimate of drug-likeness (QED) is 0.192. The van der Waals surface area contributed by atoms with Crippen molar-refractivity contribution in [2.45, 2.75) is 25.8 Å². The molecule has 0 aliphatic heterocycles. The Bertz CT molecular complexity index is 912. The third-order valence-corrected chi connectivity index (χ3v) is 4.21. The molecular weight excluding hydrogens is 394 g/mol. The topological polar surface area (TPSA) is 119 Å². The van der Waals surface area contributed by atoms with E-state index in [2.05, 4.69) is 5.32 Å². The molecule has 0 bridgehead atoms. The molecule has 0 heterocycles. The number of nitrogens with one attached hydrogen (secondary N) is 1. The molecule has 2 aromatic rings. The minimum absolute atomic E-state index is 0.185. The predicted molar refractivity (Wildman–Crippen MR) is 113 cm³/mol. The Hall–Kier alpha value is -3.26. The number of hydrogen-bond acceptors (Lipinski definition) is 7. The highest BCUT2D eigenvalue weighted by Gasteiger charge is 2.21. The lowest BCUT2D eigenvalue weighted by Crippen LogP contribution is -2.42. The van der Waals surface area contributed by atoms with Gasteiger partial charge in [0.15, 0.2) is 23.0 Å². The van der Waals surface area contributed by atoms with Crippen LogP contribution in [0.1, 0.15) is 24.5 Å². The van der Waals surface area contributed by atoms with Crippen LogP contribution in [-0.2, 0) is 16.0 Å². The molecule has 0 saturated heterocycles. The SMILES string of the molecule is CCCOC(=O)C(Cc1ccc(O)c(O)c1)NC(=S)/C=C/c1ccc(O)c(O)c1. The summed E-state index contributed by atoms with van der Waals surface area (Å²) in [5.74, 6) is -1.49. The first-order valence-corrected chi connectivity index (χ1v) is 9.39. The predicted octanol–water partition coefficient (Wildman–Crippen LogP) is 3.00. The highest BCUT2D eigenvalue weighted by atomic mass is 32.1. The standard InChI is InChI=1S/C21H23NO6S/c1-2-9-28-21(27)15(10-14-4-7-17(24)19(26)12-14)22-20(29)8-5-13-3-6-16(23)18(25)11-13/h3-8,11-12,15,23-26H,2,9-10H2,1H3,(H,22,29)/b8-5+. The first kappa shape index (κ1) is 22.0. The van der Waals surface area contributed by atoms with Gasteiger partial charge in [-0.25, -0.2) is 4.79 Å². The molecule has 0 aliphatic carbocycles. The van der Waals surface area contributed by atoms with Crippen molar-refractivity contribution in [3.63, 3.8) is 0 Å². The monoisotopic (exact) mass is 417 g/mol. The van der Waals surface area contributed by atoms with Gasteiger partial charge in [0, 0.05) is 6.42 Å². The molecule has 1 unspecified atom stereocenters. The van der Waals surface area contributed by atoms with Crippen LogP contribution in [0.5, 0.6) is 23.0 Å². The molecule has 5 N–H and O–H groups in total. The number of carbonyl (C=O) groups excluding carboxylic acids is 1. The van der Waals surface area contributed by atoms with Crippen molar-refractivity contribution in [3.05, 3.63) is 53.6 Å². The van der Waals surface area contributed by atoms with Gasteiger partial charge in [0.1, 0.15) is 6.04 Å². The summed E-state index contributed by atoms with van der Waals surface area (Å²) in [6, 6.07) is 7.84. The molecule has 1 atom stereocenters. The summed E-state index contributed by atoms with van der Waals surface area (Å²) in [6.07, 6.45) is 4.03. The number of esters is 1. The number of carbonyl (C=O) groups is 1. The highest BCUT2D eigenvalue weighted by Crippen LogP contribution is 2.26. The lowest BCUT2D eigenvalue weighted by Gasteiger charge is -2.18. The van der Waals surface area contributed by atoms with Crippen LogP contribution in [0, 0.1) is 0 Å². The Balaban J connectivity index is 2.11. The Morgan fingerprint density at radius 1 is 1.07 bits per heavy atom. The molecule has 2 aromatic carbocycles. The lowest BCUT2D eigenvalue weighted by molar-refractivity contribution is -0.145. The third-order valence-electron chi connectivity index (χ3n) is 3.96. The lowest BCUT2D eigenvalue weighted by atomic mass is 10.1. The van der Waals surface area contributed by atoms with Crippen molar-refractivity contribution in [1.29, 1.82) is 0 Å². The number of aromatic hydroxyl groups is 4. The van der Waals surface area contributed by atoms with E-state index in [9.17, 15) is 25.2 Å². The molecule has 0 fully saturated rings. The van der Waals surface area contributed by atoms with E-state index >= 15 is 0 Å². The van der Waals surface area contributed by atoms with Crippen molar-refractivity contribution >= 4 is 29.3 Å². The van der Waals surface area contributed by atoms with Gasteiger partial charge in [-0.05, 0) is 47.9 Å². The minimum atomic E-state index is -0.795. The maximum atomic E-state index is 12.4. The zero-order valence-corrected chi connectivity index (χ0v) is 16.6. The fourth-order valence-corrected chi connectivity index (χ4v) is 2.67. The van der Waals surface area contributed by atoms with Crippen molar-refractivity contribution in [1.82, 2.24) is 5.32 Å². The van der Waals surface area contributed by atoms with Crippen LogP contribution < -0.4 is 5.32 Å². The fourth-order valence-electron chi connectivity index (χ4n) is 2.46. The Morgan fingerprint density at radius 2 is 1.72 bits per heavy atom. The van der Waals surface area contributed by atoms with E-state index in [0.29, 0.717) is 17.5 Å². The number of phenolic OH excluding ortho intramolecular Hbond substituents is 4. The van der Waals surface area contributed by atoms with Crippen LogP contribution in [0.2, 0.25) is 0 Å². The minimum Gasteiger partial charge on any atom is -0.504 e. The third kappa shape index (κ3) is 6.69. The smallest absolute Gasteiger partial charge is 0.328 e. The molecular formula is C21H23NO6S. The van der Waals surface area contributed by atoms with Gasteiger partial charge in [0.05, 0.1) is 11.6 Å². The Morgan fingerprint density at radius 3 is 2.34 bits per heavy atom. The van der Waals surface area contributed by atoms with E-state index in [-0.39, 0.29) is 41.0 Å². The average Bonchev–Trinajstić information content (AvgIpc) is 2.69. The number of hydrogen-bond donors (Lipinski definition) is 5. The number of benzene rings is 2. The van der Waals surface area contributed by atoms with Crippen LogP contribution in [0.15, 0.2) is 42.5 Å². The number of phenols is 4. The van der Waals surface area contributed by atoms with Crippen LogP contribution >= 0.6 is 12.2 Å². The molecule has 154 valence electrons. The van der Waals surface area contributed by atoms with Crippen molar-refractivity contribution in [2.75, 3.05) is 6.61 Å². The van der Waals surface area contributed by atoms with Crippen LogP contribution in [-0.4, -0.2) is 44.0 Å². The molecule has 0 aliphatic rings. The maximum absolute atomic E-state index is 12.4. The van der Waals surface area contributed by atoms with Gasteiger partial charge in [0.25, 0.3) is 0 Å². The van der Waals surface area contributed by atoms with Gasteiger partial charge >= 0.3 is 5.97 Å². The summed E-state index contributed by atoms with van der Waals surface area (Å²) in [5, 5.41) is 40.9. The second-order valence-electron chi connectivity index (χ2n) is 6.34. The zero-order chi connectivity index (χ0) is 21.4. The van der Waals surface area contributed by atoms with E-state index in [4.69, 9.17) is 17.0 Å². The summed E-state index contributed by atoms with van der Waals surface area (Å²) in [7, 11) is 0. The van der Waals surface area contributed by atoms with Gasteiger partial charge in [-0.1, -0.05) is 37.4 Å². The van der Waals surface area contributed by atoms with Crippen molar-refractivity contribution in [3.8, 4) is 23.0 Å². The normalized spacial score (nSPS) is 11.9. The number of thiocarbonyl (C=S) groups is 1. The van der Waals surface area contributed by atoms with Crippen molar-refractivity contribution < 1.29 is 30.0 Å². The fraction of sp³-hybridized carbons (Fsp3) is 0.238. The Labute approximate surface area is 173 Å². The van der Waals surface area contributed by atoms with Crippen LogP contribution in [0.3, 0.4) is 0 Å². The van der Waals surface area contributed by atoms with E-state index in [1.165, 1.54) is 24.3 Å². The first-order valence-electron chi connectivity index (χ1n) is 8.98. The second-order valence-corrected chi connectivity index (χ2v) is 6.78. The summed E-state index contributed by atoms with van der Waals surface area (Å²) in [4.78, 5) is 12.7. The van der Waals surface area contributed by atoms with Crippen molar-refractivity contribution in [2.24, 2.45) is 0 Å². The second kappa shape index (κ2) is 10.3. The molecule has 2 rings (SSSR count). The molecule has 0 aromatic heterocycles. The van der Waals surface area contributed by atoms with E-state index < -0.39 is 12.0 Å². The van der Waals surface area contributed by atoms with E-state index in [0.717, 1.165) is 0 Å². The van der Waals surface area contributed by atoms with Gasteiger partial charge in [0.2, 0.25) is 0 Å². The Kier molecular flexibility index (Phi) is 7.85. The molecule has 0 radical (unpaired) electrons. The molecule has 8 heteroatoms. The van der Waals surface area contributed by atoms with E-state index in [1.54, 1.807) is 24.3 Å². The first-order chi connectivity index (χ1) is 13.8. The summed E-state index contributed by atoms with van der Waals surface area (Å²) in [5.41, 5.74) is 1.22. The summed E-state index contributed by atoms with van der Waals surface area (Å²) >= 11 is 5.28. The number of rotatable bonds is 8. The number of ether oxygens (including phenoxy) is 1. The largest absolute Gasteiger partial charge is 0.504 e. The average molecular weight is 417 g/mol. The van der Waals surface area contributed by atoms with Gasteiger partial charge < -0.3 is 30.5 Å². The molecule has 0 saturated carbocycles. The molecule has 7 nitrogen and oxygen atoms in total. The van der Waals surface area contributed by atoms with Crippen LogP contribution in [0.4, 0.5) is 0 Å². The maximum Gasteiger partial charge on any atom is 0.328 e. The summed E-state index contributed by atoms with van der Waals surface area (Å²) < 4.78 is 5.21. The molecule has 0 spiro atoms. The van der Waals surface area contributed by atoms with Gasteiger partial charge in [-0.3, -0.25) is 0 Å². The van der Waals surface area contributed by atoms with E-state index in [1.807, 2.05) is 6.92 Å². The zero-order valence-electron chi connectivity index (χ0n) is 15.8. The molecule has 29 heavy (non-hydrogen) atoms. The summed E-state index contributed by atoms with van der Waals surface area (Å²) in [6.45, 7) is 2.15. The van der Waals surface area contributed by atoms with Gasteiger partial charge in [-0.2, -0.15) is 0 Å². The highest BCUT2D eigenvalue weighted by molar-refractivity contribution is 7.80.